The second-order valence-corrected chi connectivity index (χ2v) is 20.6. The first kappa shape index (κ1) is 21.1. The minimum atomic E-state index is -2.02. The predicted molar refractivity (Wildman–Crippen MR) is 107 cm³/mol. The van der Waals surface area contributed by atoms with Crippen molar-refractivity contribution < 1.29 is 18.4 Å². The van der Waals surface area contributed by atoms with Crippen LogP contribution in [-0.4, -0.2) is 40.4 Å². The van der Waals surface area contributed by atoms with Crippen LogP contribution in [0.5, 0.6) is 0 Å². The Labute approximate surface area is 156 Å². The molecular weight excluding hydrogens is 348 g/mol. The Kier molecular flexibility index (Phi) is 4.99. The molecule has 2 fully saturated rings. The lowest BCUT2D eigenvalue weighted by molar-refractivity contribution is -0.178. The SMILES string of the molecule is CC(C)(C)[Si](C)(C)O[C@@H]1[C@@H]2C[C@@H](OC2=O)[C@@]1(C)O[Si](C)(C)C(C)(C)C. The van der Waals surface area contributed by atoms with Crippen LogP contribution in [0.2, 0.25) is 36.3 Å². The molecule has 6 heteroatoms. The first-order chi connectivity index (χ1) is 10.9. The molecule has 2 bridgehead atoms. The molecule has 146 valence electrons. The molecule has 1 saturated carbocycles. The molecule has 0 amide bonds. The zero-order chi connectivity index (χ0) is 19.6. The Bertz CT molecular complexity index is 545. The van der Waals surface area contributed by atoms with E-state index >= 15 is 0 Å². The summed E-state index contributed by atoms with van der Waals surface area (Å²) >= 11 is 0. The molecule has 0 radical (unpaired) electrons. The smallest absolute Gasteiger partial charge is 0.312 e. The van der Waals surface area contributed by atoms with Crippen molar-refractivity contribution >= 4 is 22.6 Å². The average molecular weight is 387 g/mol. The van der Waals surface area contributed by atoms with Gasteiger partial charge in [-0.05, 0) is 43.2 Å². The minimum absolute atomic E-state index is 0.0939. The van der Waals surface area contributed by atoms with Gasteiger partial charge in [-0.15, -0.1) is 0 Å². The van der Waals surface area contributed by atoms with Crippen molar-refractivity contribution in [2.45, 2.75) is 109 Å². The maximum Gasteiger partial charge on any atom is 0.312 e. The van der Waals surface area contributed by atoms with Gasteiger partial charge in [0.1, 0.15) is 11.7 Å². The first-order valence-corrected chi connectivity index (χ1v) is 15.3. The molecule has 0 spiro atoms. The van der Waals surface area contributed by atoms with Crippen molar-refractivity contribution in [2.24, 2.45) is 5.92 Å². The molecule has 1 aliphatic carbocycles. The summed E-state index contributed by atoms with van der Waals surface area (Å²) in [6.45, 7) is 24.5. The van der Waals surface area contributed by atoms with Gasteiger partial charge in [0.15, 0.2) is 16.6 Å². The van der Waals surface area contributed by atoms with E-state index in [2.05, 4.69) is 74.7 Å². The second kappa shape index (κ2) is 5.91. The molecule has 1 heterocycles. The van der Waals surface area contributed by atoms with E-state index < -0.39 is 22.2 Å². The molecule has 0 aromatic heterocycles. The topological polar surface area (TPSA) is 44.8 Å². The summed E-state index contributed by atoms with van der Waals surface area (Å²) in [5.41, 5.74) is -0.545. The van der Waals surface area contributed by atoms with E-state index in [-0.39, 0.29) is 34.2 Å². The molecule has 1 saturated heterocycles. The summed E-state index contributed by atoms with van der Waals surface area (Å²) < 4.78 is 19.3. The fourth-order valence-electron chi connectivity index (χ4n) is 3.30. The van der Waals surface area contributed by atoms with E-state index in [4.69, 9.17) is 13.6 Å². The van der Waals surface area contributed by atoms with Crippen LogP contribution in [-0.2, 0) is 18.4 Å². The molecule has 0 N–H and O–H groups in total. The lowest BCUT2D eigenvalue weighted by atomic mass is 9.95. The third-order valence-electron chi connectivity index (χ3n) is 7.11. The van der Waals surface area contributed by atoms with Gasteiger partial charge in [-0.2, -0.15) is 0 Å². The Morgan fingerprint density at radius 3 is 1.92 bits per heavy atom. The van der Waals surface area contributed by atoms with Crippen molar-refractivity contribution in [3.05, 3.63) is 0 Å². The Morgan fingerprint density at radius 2 is 1.48 bits per heavy atom. The Morgan fingerprint density at radius 1 is 1.00 bits per heavy atom. The van der Waals surface area contributed by atoms with Gasteiger partial charge in [-0.3, -0.25) is 4.79 Å². The van der Waals surface area contributed by atoms with E-state index in [1.54, 1.807) is 0 Å². The highest BCUT2D eigenvalue weighted by Gasteiger charge is 2.66. The monoisotopic (exact) mass is 386 g/mol. The summed E-state index contributed by atoms with van der Waals surface area (Å²) in [5.74, 6) is -0.293. The van der Waals surface area contributed by atoms with Gasteiger partial charge in [0.05, 0.1) is 12.0 Å². The van der Waals surface area contributed by atoms with Crippen LogP contribution in [0.25, 0.3) is 0 Å². The van der Waals surface area contributed by atoms with Gasteiger partial charge in [-0.1, -0.05) is 41.5 Å². The molecule has 4 nitrogen and oxygen atoms in total. The number of fused-ring (bicyclic) bond motifs is 2. The Hall–Kier alpha value is -0.176. The number of hydrogen-bond donors (Lipinski definition) is 0. The van der Waals surface area contributed by atoms with Gasteiger partial charge in [-0.25, -0.2) is 0 Å². The fraction of sp³-hybridized carbons (Fsp3) is 0.947. The van der Waals surface area contributed by atoms with Crippen LogP contribution in [0.4, 0.5) is 0 Å². The van der Waals surface area contributed by atoms with E-state index in [9.17, 15) is 4.79 Å². The maximum atomic E-state index is 12.3. The van der Waals surface area contributed by atoms with Crippen molar-refractivity contribution in [1.29, 1.82) is 0 Å². The number of rotatable bonds is 4. The number of carbonyl (C=O) groups is 1. The number of carbonyl (C=O) groups excluding carboxylic acids is 1. The highest BCUT2D eigenvalue weighted by molar-refractivity contribution is 6.74. The normalized spacial score (nSPS) is 33.7. The third-order valence-corrected chi connectivity index (χ3v) is 16.1. The summed E-state index contributed by atoms with van der Waals surface area (Å²) in [6, 6.07) is 0. The number of ether oxygens (including phenoxy) is 1. The lowest BCUT2D eigenvalue weighted by Gasteiger charge is -2.51. The Balaban J connectivity index is 2.37. The van der Waals surface area contributed by atoms with Gasteiger partial charge < -0.3 is 13.6 Å². The fourth-order valence-corrected chi connectivity index (χ4v) is 6.34. The predicted octanol–water partition coefficient (Wildman–Crippen LogP) is 5.10. The van der Waals surface area contributed by atoms with Crippen molar-refractivity contribution in [2.75, 3.05) is 0 Å². The third kappa shape index (κ3) is 3.51. The zero-order valence-electron chi connectivity index (χ0n) is 18.1. The van der Waals surface area contributed by atoms with Crippen LogP contribution < -0.4 is 0 Å². The van der Waals surface area contributed by atoms with Crippen molar-refractivity contribution in [3.8, 4) is 0 Å². The summed E-state index contributed by atoms with van der Waals surface area (Å²) in [5, 5.41) is 0.194. The van der Waals surface area contributed by atoms with Gasteiger partial charge in [0.2, 0.25) is 0 Å². The van der Waals surface area contributed by atoms with Gasteiger partial charge in [0, 0.05) is 6.42 Å². The van der Waals surface area contributed by atoms with Crippen LogP contribution in [0.15, 0.2) is 0 Å². The van der Waals surface area contributed by atoms with E-state index in [0.29, 0.717) is 0 Å². The molecule has 1 aliphatic heterocycles. The quantitative estimate of drug-likeness (QED) is 0.498. The van der Waals surface area contributed by atoms with Crippen LogP contribution >= 0.6 is 0 Å². The van der Waals surface area contributed by atoms with E-state index in [1.165, 1.54) is 0 Å². The molecule has 4 atom stereocenters. The van der Waals surface area contributed by atoms with Crippen molar-refractivity contribution in [1.82, 2.24) is 0 Å². The van der Waals surface area contributed by atoms with Gasteiger partial charge in [0.25, 0.3) is 0 Å². The molecule has 0 aromatic rings. The summed E-state index contributed by atoms with van der Waals surface area (Å²) in [6.07, 6.45) is 0.339. The maximum absolute atomic E-state index is 12.3. The van der Waals surface area contributed by atoms with Crippen LogP contribution in [0, 0.1) is 5.92 Å². The molecule has 2 aliphatic rings. The molecule has 0 unspecified atom stereocenters. The number of hydrogen-bond acceptors (Lipinski definition) is 4. The average Bonchev–Trinajstić information content (AvgIpc) is 2.84. The van der Waals surface area contributed by atoms with Crippen molar-refractivity contribution in [3.63, 3.8) is 0 Å². The van der Waals surface area contributed by atoms with E-state index in [1.807, 2.05) is 0 Å². The zero-order valence-corrected chi connectivity index (χ0v) is 20.1. The summed E-state index contributed by atoms with van der Waals surface area (Å²) in [4.78, 5) is 12.3. The van der Waals surface area contributed by atoms with E-state index in [0.717, 1.165) is 6.42 Å². The molecular formula is C19H38O4Si2. The molecule has 25 heavy (non-hydrogen) atoms. The standard InChI is InChI=1S/C19H38O4Si2/c1-17(2,3)24(8,9)22-15-13-12-14(21-16(13)20)19(15,7)23-25(10,11)18(4,5)6/h13-15H,12H2,1-11H3/t13-,14+,15+,19+/m0/s1. The van der Waals surface area contributed by atoms with Crippen LogP contribution in [0.1, 0.15) is 54.9 Å². The highest BCUT2D eigenvalue weighted by Crippen LogP contribution is 2.53. The van der Waals surface area contributed by atoms with Gasteiger partial charge >= 0.3 is 5.97 Å². The summed E-state index contributed by atoms with van der Waals surface area (Å²) in [7, 11) is -4.04. The molecule has 2 rings (SSSR count). The highest BCUT2D eigenvalue weighted by atomic mass is 28.4. The molecule has 0 aromatic carbocycles. The minimum Gasteiger partial charge on any atom is -0.459 e. The largest absolute Gasteiger partial charge is 0.459 e. The van der Waals surface area contributed by atoms with Crippen LogP contribution in [0.3, 0.4) is 0 Å². The first-order valence-electron chi connectivity index (χ1n) is 9.51. The second-order valence-electron chi connectivity index (χ2n) is 11.1. The number of esters is 1. The lowest BCUT2D eigenvalue weighted by Crippen LogP contribution is -2.62.